The molecule has 1 aromatic heterocycles. The van der Waals surface area contributed by atoms with E-state index in [2.05, 4.69) is 49.2 Å². The summed E-state index contributed by atoms with van der Waals surface area (Å²) in [5.74, 6) is 2.06. The van der Waals surface area contributed by atoms with E-state index in [9.17, 15) is 4.79 Å². The maximum Gasteiger partial charge on any atom is 0.251 e. The van der Waals surface area contributed by atoms with Crippen LogP contribution in [0.2, 0.25) is 0 Å². The second-order valence-corrected chi connectivity index (χ2v) is 8.53. The van der Waals surface area contributed by atoms with Gasteiger partial charge in [0.2, 0.25) is 0 Å². The van der Waals surface area contributed by atoms with Crippen molar-refractivity contribution in [2.75, 3.05) is 78.0 Å². The third kappa shape index (κ3) is 5.46. The summed E-state index contributed by atoms with van der Waals surface area (Å²) in [4.78, 5) is 30.5. The van der Waals surface area contributed by atoms with Gasteiger partial charge in [0.1, 0.15) is 11.9 Å². The van der Waals surface area contributed by atoms with Crippen LogP contribution in [0.3, 0.4) is 0 Å². The van der Waals surface area contributed by atoms with E-state index < -0.39 is 0 Å². The maximum atomic E-state index is 12.5. The molecule has 9 heteroatoms. The predicted molar refractivity (Wildman–Crippen MR) is 121 cm³/mol. The van der Waals surface area contributed by atoms with Crippen LogP contribution in [-0.2, 0) is 16.1 Å². The summed E-state index contributed by atoms with van der Waals surface area (Å²) in [5.41, 5.74) is 1.13. The van der Waals surface area contributed by atoms with E-state index in [4.69, 9.17) is 4.74 Å². The van der Waals surface area contributed by atoms with Crippen LogP contribution in [0.4, 0.5) is 5.82 Å². The van der Waals surface area contributed by atoms with Gasteiger partial charge in [-0.25, -0.2) is 4.98 Å². The summed E-state index contributed by atoms with van der Waals surface area (Å²) in [5, 5.41) is 3.45. The monoisotopic (exact) mass is 429 g/mol. The number of hydrogen-bond acceptors (Lipinski definition) is 6. The number of carbonyl (C=O) groups excluding carboxylic acids is 1. The zero-order chi connectivity index (χ0) is 21.6. The average molecular weight is 430 g/mol. The Labute approximate surface area is 185 Å². The third-order valence-electron chi connectivity index (χ3n) is 6.39. The molecule has 3 fully saturated rings. The van der Waals surface area contributed by atoms with Gasteiger partial charge >= 0.3 is 0 Å². The summed E-state index contributed by atoms with van der Waals surface area (Å²) in [7, 11) is 3.97. The fourth-order valence-electron chi connectivity index (χ4n) is 4.37. The molecule has 3 aliphatic rings. The third-order valence-corrected chi connectivity index (χ3v) is 6.39. The lowest BCUT2D eigenvalue weighted by molar-refractivity contribution is -0.142. The maximum absolute atomic E-state index is 12.5. The van der Waals surface area contributed by atoms with Crippen LogP contribution in [0.5, 0.6) is 0 Å². The Morgan fingerprint density at radius 2 is 1.87 bits per heavy atom. The molecule has 31 heavy (non-hydrogen) atoms. The molecule has 4 rings (SSSR count). The van der Waals surface area contributed by atoms with Crippen LogP contribution in [0.1, 0.15) is 18.4 Å². The molecule has 0 bridgehead atoms. The minimum Gasteiger partial charge on any atom is -0.368 e. The summed E-state index contributed by atoms with van der Waals surface area (Å²) in [6.07, 6.45) is 3.55. The van der Waals surface area contributed by atoms with Crippen LogP contribution in [0.25, 0.3) is 0 Å². The number of nitrogens with zero attached hydrogens (tertiary/aromatic N) is 6. The Kier molecular flexibility index (Phi) is 7.24. The van der Waals surface area contributed by atoms with Gasteiger partial charge in [-0.2, -0.15) is 0 Å². The number of amides is 1. The quantitative estimate of drug-likeness (QED) is 0.542. The minimum atomic E-state index is -0.231. The van der Waals surface area contributed by atoms with Crippen molar-refractivity contribution in [3.8, 4) is 0 Å². The number of piperazine rings is 2. The van der Waals surface area contributed by atoms with E-state index in [1.54, 1.807) is 7.05 Å². The van der Waals surface area contributed by atoms with Gasteiger partial charge in [-0.15, -0.1) is 0 Å². The molecule has 0 aliphatic carbocycles. The normalized spacial score (nSPS) is 23.4. The molecule has 0 aromatic carbocycles. The van der Waals surface area contributed by atoms with Crippen molar-refractivity contribution in [3.63, 3.8) is 0 Å². The minimum absolute atomic E-state index is 0.145. The van der Waals surface area contributed by atoms with E-state index in [0.29, 0.717) is 26.2 Å². The SMILES string of the molecule is CN=C(NCc1ccc(N2CCN(C)CC2)nc1)N1CCN(C(=O)C2CCCO2)CC1. The molecule has 3 aliphatic heterocycles. The van der Waals surface area contributed by atoms with Gasteiger partial charge < -0.3 is 29.7 Å². The molecule has 1 amide bonds. The molecule has 0 spiro atoms. The van der Waals surface area contributed by atoms with Gasteiger partial charge in [0.15, 0.2) is 5.96 Å². The summed E-state index contributed by atoms with van der Waals surface area (Å²) >= 11 is 0. The van der Waals surface area contributed by atoms with E-state index in [-0.39, 0.29) is 12.0 Å². The van der Waals surface area contributed by atoms with Crippen molar-refractivity contribution in [2.24, 2.45) is 4.99 Å². The lowest BCUT2D eigenvalue weighted by atomic mass is 10.2. The van der Waals surface area contributed by atoms with Crippen LogP contribution < -0.4 is 10.2 Å². The van der Waals surface area contributed by atoms with Gasteiger partial charge in [-0.05, 0) is 31.5 Å². The Bertz CT molecular complexity index is 748. The van der Waals surface area contributed by atoms with Crippen molar-refractivity contribution >= 4 is 17.7 Å². The molecule has 1 atom stereocenters. The molecular weight excluding hydrogens is 394 g/mol. The number of anilines is 1. The molecular formula is C22H35N7O2. The van der Waals surface area contributed by atoms with Gasteiger partial charge in [-0.3, -0.25) is 9.79 Å². The highest BCUT2D eigenvalue weighted by molar-refractivity contribution is 5.82. The van der Waals surface area contributed by atoms with Crippen LogP contribution in [0, 0.1) is 0 Å². The number of rotatable bonds is 4. The van der Waals surface area contributed by atoms with E-state index in [1.165, 1.54) is 0 Å². The van der Waals surface area contributed by atoms with Crippen molar-refractivity contribution in [3.05, 3.63) is 23.9 Å². The van der Waals surface area contributed by atoms with E-state index in [1.807, 2.05) is 11.1 Å². The van der Waals surface area contributed by atoms with Crippen molar-refractivity contribution in [2.45, 2.75) is 25.5 Å². The fourth-order valence-corrected chi connectivity index (χ4v) is 4.37. The van der Waals surface area contributed by atoms with Gasteiger partial charge in [0, 0.05) is 78.8 Å². The Balaban J connectivity index is 1.24. The number of guanidine groups is 1. The molecule has 1 unspecified atom stereocenters. The van der Waals surface area contributed by atoms with Crippen molar-refractivity contribution < 1.29 is 9.53 Å². The molecule has 0 saturated carbocycles. The summed E-state index contributed by atoms with van der Waals surface area (Å²) < 4.78 is 5.55. The molecule has 3 saturated heterocycles. The number of aromatic nitrogens is 1. The van der Waals surface area contributed by atoms with Crippen molar-refractivity contribution in [1.29, 1.82) is 0 Å². The van der Waals surface area contributed by atoms with Gasteiger partial charge in [-0.1, -0.05) is 6.07 Å². The first-order valence-electron chi connectivity index (χ1n) is 11.4. The second-order valence-electron chi connectivity index (χ2n) is 8.53. The zero-order valence-electron chi connectivity index (χ0n) is 18.8. The summed E-state index contributed by atoms with van der Waals surface area (Å²) in [6, 6.07) is 4.25. The number of likely N-dealkylation sites (N-methyl/N-ethyl adjacent to an activating group) is 1. The smallest absolute Gasteiger partial charge is 0.251 e. The molecule has 0 radical (unpaired) electrons. The Hall–Kier alpha value is -2.39. The van der Waals surface area contributed by atoms with Crippen molar-refractivity contribution in [1.82, 2.24) is 25.0 Å². The average Bonchev–Trinajstić information content (AvgIpc) is 3.35. The topological polar surface area (TPSA) is 76.5 Å². The molecule has 9 nitrogen and oxygen atoms in total. The van der Waals surface area contributed by atoms with Crippen LogP contribution >= 0.6 is 0 Å². The Morgan fingerprint density at radius 1 is 1.13 bits per heavy atom. The van der Waals surface area contributed by atoms with Gasteiger partial charge in [0.05, 0.1) is 0 Å². The molecule has 170 valence electrons. The molecule has 1 N–H and O–H groups in total. The lowest BCUT2D eigenvalue weighted by Crippen LogP contribution is -2.55. The first-order chi connectivity index (χ1) is 15.1. The predicted octanol–water partition coefficient (Wildman–Crippen LogP) is 0.232. The highest BCUT2D eigenvalue weighted by Gasteiger charge is 2.30. The first kappa shape index (κ1) is 21.8. The van der Waals surface area contributed by atoms with Gasteiger partial charge in [0.25, 0.3) is 5.91 Å². The van der Waals surface area contributed by atoms with E-state index >= 15 is 0 Å². The second kappa shape index (κ2) is 10.3. The van der Waals surface area contributed by atoms with E-state index in [0.717, 1.165) is 69.5 Å². The van der Waals surface area contributed by atoms with Crippen LogP contribution in [0.15, 0.2) is 23.3 Å². The number of pyridine rings is 1. The number of carbonyl (C=O) groups is 1. The number of hydrogen-bond donors (Lipinski definition) is 1. The largest absolute Gasteiger partial charge is 0.368 e. The first-order valence-corrected chi connectivity index (χ1v) is 11.4. The number of aliphatic imine (C=N–C) groups is 1. The fraction of sp³-hybridized carbons (Fsp3) is 0.682. The lowest BCUT2D eigenvalue weighted by Gasteiger charge is -2.37. The zero-order valence-corrected chi connectivity index (χ0v) is 18.8. The van der Waals surface area contributed by atoms with Crippen LogP contribution in [-0.4, -0.2) is 111 Å². The number of nitrogens with one attached hydrogen (secondary N) is 1. The molecule has 1 aromatic rings. The molecule has 4 heterocycles. The number of ether oxygens (including phenoxy) is 1. The Morgan fingerprint density at radius 3 is 2.48 bits per heavy atom. The highest BCUT2D eigenvalue weighted by atomic mass is 16.5. The standard InChI is InChI=1S/C22H35N7O2/c1-23-22(29-13-11-28(12-14-29)21(30)19-4-3-15-31-19)25-17-18-5-6-20(24-16-18)27-9-7-26(2)8-10-27/h5-6,16,19H,3-4,7-15,17H2,1-2H3,(H,23,25). The summed E-state index contributed by atoms with van der Waals surface area (Å²) in [6.45, 7) is 8.56. The highest BCUT2D eigenvalue weighted by Crippen LogP contribution is 2.16.